The lowest BCUT2D eigenvalue weighted by molar-refractivity contribution is -0.139. The Morgan fingerprint density at radius 2 is 1.80 bits per heavy atom. The minimum absolute atomic E-state index is 0.0194. The molecular formula is C28H39FO5Si. The highest BCUT2D eigenvalue weighted by atomic mass is 28.4. The summed E-state index contributed by atoms with van der Waals surface area (Å²) in [7, 11) is -2.05. The lowest BCUT2D eigenvalue weighted by Gasteiger charge is -2.36. The number of aryl methyl sites for hydroxylation is 2. The van der Waals surface area contributed by atoms with Crippen LogP contribution in [0, 0.1) is 19.7 Å². The number of aliphatic hydroxyl groups excluding tert-OH is 2. The molecule has 0 saturated heterocycles. The third-order valence-electron chi connectivity index (χ3n) is 6.69. The maximum atomic E-state index is 14.7. The molecule has 0 fully saturated rings. The quantitative estimate of drug-likeness (QED) is 0.335. The van der Waals surface area contributed by atoms with Crippen LogP contribution in [0.1, 0.15) is 55.9 Å². The number of carbonyl (C=O) groups is 1. The fourth-order valence-corrected chi connectivity index (χ4v) is 4.57. The van der Waals surface area contributed by atoms with Crippen molar-refractivity contribution < 1.29 is 28.9 Å². The number of hydrogen-bond acceptors (Lipinski definition) is 4. The summed E-state index contributed by atoms with van der Waals surface area (Å²) in [5.74, 6) is -1.42. The van der Waals surface area contributed by atoms with E-state index in [2.05, 4.69) is 33.9 Å². The van der Waals surface area contributed by atoms with Crippen LogP contribution in [0.25, 0.3) is 17.2 Å². The molecule has 3 N–H and O–H groups in total. The van der Waals surface area contributed by atoms with E-state index in [4.69, 9.17) is 9.53 Å². The Bertz CT molecular complexity index is 1070. The predicted octanol–water partition coefficient (Wildman–Crippen LogP) is 6.23. The van der Waals surface area contributed by atoms with Gasteiger partial charge in [0.25, 0.3) is 0 Å². The Morgan fingerprint density at radius 3 is 2.40 bits per heavy atom. The number of carboxylic acid groups (broad SMARTS) is 1. The molecule has 2 aromatic rings. The molecule has 0 radical (unpaired) electrons. The van der Waals surface area contributed by atoms with Gasteiger partial charge in [0.05, 0.1) is 25.2 Å². The Morgan fingerprint density at radius 1 is 1.14 bits per heavy atom. The van der Waals surface area contributed by atoms with Gasteiger partial charge in [0, 0.05) is 12.0 Å². The molecule has 0 bridgehead atoms. The number of carboxylic acids is 1. The van der Waals surface area contributed by atoms with Crippen molar-refractivity contribution in [2.45, 2.75) is 84.4 Å². The van der Waals surface area contributed by atoms with Gasteiger partial charge in [0.1, 0.15) is 5.82 Å². The second kappa shape index (κ2) is 11.6. The molecule has 2 aromatic carbocycles. The third-order valence-corrected chi connectivity index (χ3v) is 11.2. The number of halogens is 1. The monoisotopic (exact) mass is 502 g/mol. The summed E-state index contributed by atoms with van der Waals surface area (Å²) in [6.45, 7) is 14.9. The minimum atomic E-state index is -2.05. The zero-order valence-corrected chi connectivity index (χ0v) is 22.9. The minimum Gasteiger partial charge on any atom is -0.481 e. The zero-order valence-electron chi connectivity index (χ0n) is 21.9. The molecule has 2 rings (SSSR count). The van der Waals surface area contributed by atoms with Crippen LogP contribution in [0.3, 0.4) is 0 Å². The van der Waals surface area contributed by atoms with Gasteiger partial charge in [-0.25, -0.2) is 4.39 Å². The fraction of sp³-hybridized carbons (Fsp3) is 0.464. The fourth-order valence-electron chi connectivity index (χ4n) is 3.62. The lowest BCUT2D eigenvalue weighted by Crippen LogP contribution is -2.40. The maximum absolute atomic E-state index is 14.7. The van der Waals surface area contributed by atoms with Crippen LogP contribution in [0.2, 0.25) is 18.1 Å². The van der Waals surface area contributed by atoms with Gasteiger partial charge in [-0.1, -0.05) is 56.7 Å². The molecule has 0 heterocycles. The molecule has 7 heteroatoms. The molecule has 2 unspecified atom stereocenters. The van der Waals surface area contributed by atoms with Crippen LogP contribution in [0.4, 0.5) is 4.39 Å². The van der Waals surface area contributed by atoms with E-state index in [1.165, 1.54) is 6.07 Å². The van der Waals surface area contributed by atoms with Crippen LogP contribution in [-0.2, 0) is 15.8 Å². The van der Waals surface area contributed by atoms with Crippen molar-refractivity contribution in [3.8, 4) is 11.1 Å². The van der Waals surface area contributed by atoms with Crippen LogP contribution < -0.4 is 0 Å². The summed E-state index contributed by atoms with van der Waals surface area (Å²) in [5, 5.41) is 28.9. The molecule has 0 saturated carbocycles. The van der Waals surface area contributed by atoms with Crippen molar-refractivity contribution in [3.63, 3.8) is 0 Å². The largest absolute Gasteiger partial charge is 0.481 e. The first-order chi connectivity index (χ1) is 16.1. The van der Waals surface area contributed by atoms with Crippen molar-refractivity contribution in [1.29, 1.82) is 0 Å². The van der Waals surface area contributed by atoms with Crippen molar-refractivity contribution in [1.82, 2.24) is 0 Å². The van der Waals surface area contributed by atoms with Gasteiger partial charge in [0.15, 0.2) is 8.32 Å². The normalized spacial score (nSPS) is 14.3. The molecular weight excluding hydrogens is 463 g/mol. The molecule has 0 aliphatic rings. The molecule has 5 nitrogen and oxygen atoms in total. The van der Waals surface area contributed by atoms with Crippen LogP contribution in [-0.4, -0.2) is 41.8 Å². The van der Waals surface area contributed by atoms with E-state index in [-0.39, 0.29) is 23.9 Å². The van der Waals surface area contributed by atoms with E-state index in [1.54, 1.807) is 18.2 Å². The Balaban J connectivity index is 2.37. The number of hydrogen-bond donors (Lipinski definition) is 3. The number of aliphatic carboxylic acids is 1. The van der Waals surface area contributed by atoms with Gasteiger partial charge in [-0.3, -0.25) is 4.79 Å². The Kier molecular flexibility index (Phi) is 9.59. The van der Waals surface area contributed by atoms with E-state index >= 15 is 0 Å². The smallest absolute Gasteiger partial charge is 0.305 e. The number of aliphatic hydroxyl groups is 2. The van der Waals surface area contributed by atoms with Gasteiger partial charge in [-0.05, 0) is 66.4 Å². The lowest BCUT2D eigenvalue weighted by atomic mass is 9.92. The SMILES string of the molecule is Cc1cc(C)c(C=CC(O)CC(O)CC(=O)O)c(-c2ccc(F)c(CO[Si](C)(C)C(C)(C)C)c2)c1. The van der Waals surface area contributed by atoms with Crippen molar-refractivity contribution in [2.24, 2.45) is 0 Å². The van der Waals surface area contributed by atoms with E-state index in [0.29, 0.717) is 5.56 Å². The topological polar surface area (TPSA) is 87.0 Å². The molecule has 0 aliphatic carbocycles. The highest BCUT2D eigenvalue weighted by Crippen LogP contribution is 2.37. The second-order valence-corrected chi connectivity index (χ2v) is 15.6. The van der Waals surface area contributed by atoms with Crippen molar-refractivity contribution in [3.05, 3.63) is 64.5 Å². The van der Waals surface area contributed by atoms with Gasteiger partial charge >= 0.3 is 5.97 Å². The highest BCUT2D eigenvalue weighted by molar-refractivity contribution is 6.74. The molecule has 192 valence electrons. The summed E-state index contributed by atoms with van der Waals surface area (Å²) in [6, 6.07) is 9.07. The molecule has 35 heavy (non-hydrogen) atoms. The van der Waals surface area contributed by atoms with Crippen LogP contribution >= 0.6 is 0 Å². The molecule has 2 atom stereocenters. The van der Waals surface area contributed by atoms with Crippen LogP contribution in [0.15, 0.2) is 36.4 Å². The van der Waals surface area contributed by atoms with E-state index in [0.717, 1.165) is 27.8 Å². The predicted molar refractivity (Wildman–Crippen MR) is 141 cm³/mol. The first kappa shape index (κ1) is 28.9. The summed E-state index contributed by atoms with van der Waals surface area (Å²) < 4.78 is 21.0. The summed E-state index contributed by atoms with van der Waals surface area (Å²) in [4.78, 5) is 10.8. The van der Waals surface area contributed by atoms with Gasteiger partial charge in [-0.15, -0.1) is 0 Å². The standard InChI is InChI=1S/C28H39FO5Si/c1-18-12-19(2)24(10-9-22(30)15-23(31)16-27(32)33)25(13-18)20-8-11-26(29)21(14-20)17-34-35(6,7)28(3,4)5/h8-14,22-23,30-31H,15-17H2,1-7H3,(H,32,33). The summed E-state index contributed by atoms with van der Waals surface area (Å²) in [5.41, 5.74) is 5.13. The Labute approximate surface area is 209 Å². The van der Waals surface area contributed by atoms with Gasteiger partial charge < -0.3 is 19.7 Å². The molecule has 0 amide bonds. The van der Waals surface area contributed by atoms with Crippen LogP contribution in [0.5, 0.6) is 0 Å². The van der Waals surface area contributed by atoms with Gasteiger partial charge in [0.2, 0.25) is 0 Å². The average Bonchev–Trinajstić information content (AvgIpc) is 2.70. The van der Waals surface area contributed by atoms with E-state index in [1.807, 2.05) is 32.0 Å². The number of rotatable bonds is 10. The average molecular weight is 503 g/mol. The second-order valence-electron chi connectivity index (χ2n) is 10.8. The maximum Gasteiger partial charge on any atom is 0.305 e. The van der Waals surface area contributed by atoms with Gasteiger partial charge in [-0.2, -0.15) is 0 Å². The number of benzene rings is 2. The summed E-state index contributed by atoms with van der Waals surface area (Å²) >= 11 is 0. The van der Waals surface area contributed by atoms with E-state index < -0.39 is 32.9 Å². The first-order valence-corrected chi connectivity index (χ1v) is 14.8. The highest BCUT2D eigenvalue weighted by Gasteiger charge is 2.37. The zero-order chi connectivity index (χ0) is 26.6. The molecule has 0 aliphatic heterocycles. The first-order valence-electron chi connectivity index (χ1n) is 11.9. The van der Waals surface area contributed by atoms with E-state index in [9.17, 15) is 19.4 Å². The van der Waals surface area contributed by atoms with Crippen molar-refractivity contribution >= 4 is 20.4 Å². The summed E-state index contributed by atoms with van der Waals surface area (Å²) in [6.07, 6.45) is 0.698. The van der Waals surface area contributed by atoms with Crippen molar-refractivity contribution in [2.75, 3.05) is 0 Å². The molecule has 0 aromatic heterocycles. The Hall–Kier alpha value is -2.32. The third kappa shape index (κ3) is 8.10. The molecule has 0 spiro atoms.